The average Bonchev–Trinajstić information content (AvgIpc) is 2.20. The van der Waals surface area contributed by atoms with E-state index in [9.17, 15) is 8.42 Å². The van der Waals surface area contributed by atoms with Crippen LogP contribution >= 0.6 is 15.9 Å². The zero-order valence-electron chi connectivity index (χ0n) is 7.99. The van der Waals surface area contributed by atoms with E-state index in [4.69, 9.17) is 5.26 Å². The van der Waals surface area contributed by atoms with Crippen LogP contribution in [0.4, 0.5) is 5.69 Å². The van der Waals surface area contributed by atoms with Crippen LogP contribution in [0.5, 0.6) is 0 Å². The van der Waals surface area contributed by atoms with Crippen molar-refractivity contribution < 1.29 is 8.42 Å². The molecule has 0 radical (unpaired) electrons. The van der Waals surface area contributed by atoms with E-state index in [1.165, 1.54) is 6.92 Å². The Kier molecular flexibility index (Phi) is 3.72. The van der Waals surface area contributed by atoms with Crippen molar-refractivity contribution in [1.82, 2.24) is 0 Å². The molecule has 0 fully saturated rings. The van der Waals surface area contributed by atoms with Gasteiger partial charge < -0.3 is 0 Å². The maximum absolute atomic E-state index is 11.3. The first kappa shape index (κ1) is 12.0. The minimum absolute atomic E-state index is 0.0199. The number of halogens is 1. The molecular formula is C9H9BrN2O2S. The molecule has 0 atom stereocenters. The quantitative estimate of drug-likeness (QED) is 0.926. The highest BCUT2D eigenvalue weighted by Gasteiger charge is 2.10. The van der Waals surface area contributed by atoms with E-state index in [2.05, 4.69) is 20.7 Å². The Labute approximate surface area is 97.1 Å². The van der Waals surface area contributed by atoms with Gasteiger partial charge in [0.2, 0.25) is 10.0 Å². The molecule has 0 spiro atoms. The maximum atomic E-state index is 11.3. The highest BCUT2D eigenvalue weighted by atomic mass is 79.9. The summed E-state index contributed by atoms with van der Waals surface area (Å²) < 4.78 is 25.7. The average molecular weight is 289 g/mol. The number of nitrogens with zero attached hydrogens (tertiary/aromatic N) is 1. The van der Waals surface area contributed by atoms with Crippen molar-refractivity contribution in [2.75, 3.05) is 10.5 Å². The Morgan fingerprint density at radius 1 is 1.53 bits per heavy atom. The summed E-state index contributed by atoms with van der Waals surface area (Å²) in [5.74, 6) is -0.0199. The molecule has 1 rings (SSSR count). The normalized spacial score (nSPS) is 10.7. The van der Waals surface area contributed by atoms with Gasteiger partial charge in [-0.05, 0) is 25.1 Å². The predicted octanol–water partition coefficient (Wildman–Crippen LogP) is 2.08. The van der Waals surface area contributed by atoms with Gasteiger partial charge >= 0.3 is 0 Å². The lowest BCUT2D eigenvalue weighted by atomic mass is 10.2. The molecule has 80 valence electrons. The highest BCUT2D eigenvalue weighted by molar-refractivity contribution is 9.10. The van der Waals surface area contributed by atoms with E-state index in [-0.39, 0.29) is 5.75 Å². The fourth-order valence-corrected chi connectivity index (χ4v) is 1.96. The fraction of sp³-hybridized carbons (Fsp3) is 0.222. The number of rotatable bonds is 3. The van der Waals surface area contributed by atoms with Crippen molar-refractivity contribution in [1.29, 1.82) is 5.26 Å². The van der Waals surface area contributed by atoms with Crippen LogP contribution in [0.1, 0.15) is 12.5 Å². The lowest BCUT2D eigenvalue weighted by Crippen LogP contribution is -2.15. The molecule has 4 nitrogen and oxygen atoms in total. The zero-order valence-corrected chi connectivity index (χ0v) is 10.4. The summed E-state index contributed by atoms with van der Waals surface area (Å²) in [7, 11) is -3.33. The van der Waals surface area contributed by atoms with Gasteiger partial charge in [-0.1, -0.05) is 15.9 Å². The molecule has 15 heavy (non-hydrogen) atoms. The Hall–Kier alpha value is -1.06. The summed E-state index contributed by atoms with van der Waals surface area (Å²) in [5.41, 5.74) is 0.601. The largest absolute Gasteiger partial charge is 0.282 e. The van der Waals surface area contributed by atoms with Crippen molar-refractivity contribution in [2.24, 2.45) is 0 Å². The Bertz CT molecular complexity index is 505. The van der Waals surface area contributed by atoms with Gasteiger partial charge in [0.25, 0.3) is 0 Å². The summed E-state index contributed by atoms with van der Waals surface area (Å²) in [4.78, 5) is 0. The van der Waals surface area contributed by atoms with Gasteiger partial charge in [-0.3, -0.25) is 4.72 Å². The molecule has 6 heteroatoms. The van der Waals surface area contributed by atoms with Crippen molar-refractivity contribution in [3.8, 4) is 6.07 Å². The number of nitrogens with one attached hydrogen (secondary N) is 1. The molecule has 0 aliphatic rings. The first-order chi connectivity index (χ1) is 6.98. The second-order valence-electron chi connectivity index (χ2n) is 2.81. The zero-order chi connectivity index (χ0) is 11.5. The van der Waals surface area contributed by atoms with Crippen LogP contribution < -0.4 is 4.72 Å². The van der Waals surface area contributed by atoms with Crippen LogP contribution in [-0.2, 0) is 10.0 Å². The molecule has 0 bridgehead atoms. The van der Waals surface area contributed by atoms with E-state index < -0.39 is 10.0 Å². The third kappa shape index (κ3) is 3.22. The molecule has 0 saturated heterocycles. The van der Waals surface area contributed by atoms with Gasteiger partial charge in [-0.25, -0.2) is 8.42 Å². The van der Waals surface area contributed by atoms with Crippen LogP contribution in [0.3, 0.4) is 0 Å². The van der Waals surface area contributed by atoms with E-state index >= 15 is 0 Å². The number of hydrogen-bond acceptors (Lipinski definition) is 3. The number of hydrogen-bond donors (Lipinski definition) is 1. The Balaban J connectivity index is 3.12. The second kappa shape index (κ2) is 4.64. The van der Waals surface area contributed by atoms with Crippen LogP contribution in [-0.4, -0.2) is 14.2 Å². The third-order valence-corrected chi connectivity index (χ3v) is 3.53. The van der Waals surface area contributed by atoms with Crippen molar-refractivity contribution in [3.05, 3.63) is 28.2 Å². The van der Waals surface area contributed by atoms with Crippen molar-refractivity contribution in [3.63, 3.8) is 0 Å². The molecule has 0 aromatic heterocycles. The van der Waals surface area contributed by atoms with Gasteiger partial charge in [-0.15, -0.1) is 0 Å². The van der Waals surface area contributed by atoms with E-state index in [0.29, 0.717) is 11.3 Å². The lowest BCUT2D eigenvalue weighted by molar-refractivity contribution is 0.602. The number of sulfonamides is 1. The lowest BCUT2D eigenvalue weighted by Gasteiger charge is -2.07. The maximum Gasteiger partial charge on any atom is 0.232 e. The summed E-state index contributed by atoms with van der Waals surface area (Å²) in [6, 6.07) is 6.72. The molecule has 0 unspecified atom stereocenters. The van der Waals surface area contributed by atoms with Gasteiger partial charge in [0.1, 0.15) is 6.07 Å². The van der Waals surface area contributed by atoms with E-state index in [1.54, 1.807) is 18.2 Å². The van der Waals surface area contributed by atoms with Crippen LogP contribution in [0.2, 0.25) is 0 Å². The summed E-state index contributed by atoms with van der Waals surface area (Å²) in [6.07, 6.45) is 0. The molecule has 0 heterocycles. The SMILES string of the molecule is CCS(=O)(=O)Nc1ccc(Br)cc1C#N. The number of benzene rings is 1. The van der Waals surface area contributed by atoms with Gasteiger partial charge in [-0.2, -0.15) is 5.26 Å². The third-order valence-electron chi connectivity index (χ3n) is 1.75. The highest BCUT2D eigenvalue weighted by Crippen LogP contribution is 2.21. The Morgan fingerprint density at radius 2 is 2.20 bits per heavy atom. The predicted molar refractivity (Wildman–Crippen MR) is 61.9 cm³/mol. The fourth-order valence-electron chi connectivity index (χ4n) is 0.938. The number of nitriles is 1. The molecular weight excluding hydrogens is 280 g/mol. The summed E-state index contributed by atoms with van der Waals surface area (Å²) >= 11 is 3.21. The Morgan fingerprint density at radius 3 is 2.73 bits per heavy atom. The summed E-state index contributed by atoms with van der Waals surface area (Å²) in [5, 5.41) is 8.81. The smallest absolute Gasteiger partial charge is 0.232 e. The minimum atomic E-state index is -3.33. The van der Waals surface area contributed by atoms with Gasteiger partial charge in [0.05, 0.1) is 17.0 Å². The van der Waals surface area contributed by atoms with Crippen LogP contribution in [0.25, 0.3) is 0 Å². The molecule has 1 aromatic rings. The summed E-state index contributed by atoms with van der Waals surface area (Å²) in [6.45, 7) is 1.53. The van der Waals surface area contributed by atoms with Gasteiger partial charge in [0, 0.05) is 4.47 Å². The van der Waals surface area contributed by atoms with Crippen LogP contribution in [0, 0.1) is 11.3 Å². The molecule has 1 aromatic carbocycles. The van der Waals surface area contributed by atoms with E-state index in [0.717, 1.165) is 4.47 Å². The molecule has 0 saturated carbocycles. The molecule has 0 amide bonds. The first-order valence-electron chi connectivity index (χ1n) is 4.18. The van der Waals surface area contributed by atoms with E-state index in [1.807, 2.05) is 6.07 Å². The topological polar surface area (TPSA) is 70.0 Å². The standard InChI is InChI=1S/C9H9BrN2O2S/c1-2-15(13,14)12-9-4-3-8(10)5-7(9)6-11/h3-5,12H,2H2,1H3. The molecule has 0 aliphatic carbocycles. The number of anilines is 1. The van der Waals surface area contributed by atoms with Crippen molar-refractivity contribution >= 4 is 31.6 Å². The first-order valence-corrected chi connectivity index (χ1v) is 6.63. The monoisotopic (exact) mass is 288 g/mol. The van der Waals surface area contributed by atoms with Crippen LogP contribution in [0.15, 0.2) is 22.7 Å². The van der Waals surface area contributed by atoms with Gasteiger partial charge in [0.15, 0.2) is 0 Å². The second-order valence-corrected chi connectivity index (χ2v) is 5.73. The molecule has 0 aliphatic heterocycles. The van der Waals surface area contributed by atoms with Crippen molar-refractivity contribution in [2.45, 2.75) is 6.92 Å². The minimum Gasteiger partial charge on any atom is -0.282 e. The molecule has 1 N–H and O–H groups in total.